The second-order valence-corrected chi connectivity index (χ2v) is 20.2. The molecule has 11 heteroatoms. The molecular weight excluding hydrogens is 697 g/mol. The molecule has 3 aliphatic heterocycles. The van der Waals surface area contributed by atoms with Crippen LogP contribution in [0.2, 0.25) is 18.6 Å². The summed E-state index contributed by atoms with van der Waals surface area (Å²) in [6.45, 7) is 12.4. The van der Waals surface area contributed by atoms with E-state index in [1.54, 1.807) is 15.9 Å². The molecule has 284 valence electrons. The fourth-order valence-corrected chi connectivity index (χ4v) is 11.7. The van der Waals surface area contributed by atoms with Gasteiger partial charge in [0.25, 0.3) is 11.5 Å². The molecule has 0 bridgehead atoms. The zero-order chi connectivity index (χ0) is 38.5. The highest BCUT2D eigenvalue weighted by atomic mass is 28.4. The van der Waals surface area contributed by atoms with E-state index in [0.717, 1.165) is 29.5 Å². The first kappa shape index (κ1) is 37.7. The monoisotopic (exact) mass is 748 g/mol. The van der Waals surface area contributed by atoms with Crippen LogP contribution in [0.25, 0.3) is 16.6 Å². The lowest BCUT2D eigenvalue weighted by Crippen LogP contribution is -2.48. The predicted octanol–water partition coefficient (Wildman–Crippen LogP) is 6.49. The Morgan fingerprint density at radius 3 is 2.44 bits per heavy atom. The van der Waals surface area contributed by atoms with E-state index in [0.29, 0.717) is 47.4 Å². The second kappa shape index (κ2) is 14.6. The number of allylic oxidation sites excluding steroid dienone is 3. The van der Waals surface area contributed by atoms with E-state index in [1.165, 1.54) is 10.3 Å². The number of aliphatic hydroxyl groups is 1. The summed E-state index contributed by atoms with van der Waals surface area (Å²) in [4.78, 5) is 58.4. The van der Waals surface area contributed by atoms with Gasteiger partial charge in [0.1, 0.15) is 0 Å². The summed E-state index contributed by atoms with van der Waals surface area (Å²) in [5.74, 6) is -0.916. The summed E-state index contributed by atoms with van der Waals surface area (Å²) in [6, 6.07) is 20.5. The van der Waals surface area contributed by atoms with Crippen LogP contribution in [-0.2, 0) is 32.9 Å². The Morgan fingerprint density at radius 2 is 1.74 bits per heavy atom. The van der Waals surface area contributed by atoms with Crippen molar-refractivity contribution in [3.05, 3.63) is 117 Å². The summed E-state index contributed by atoms with van der Waals surface area (Å²) in [7, 11) is -3.08. The van der Waals surface area contributed by atoms with Gasteiger partial charge >= 0.3 is 0 Å². The molecule has 2 amide bonds. The number of fused-ring (bicyclic) bond motifs is 4. The molecule has 7 rings (SSSR count). The van der Waals surface area contributed by atoms with E-state index >= 15 is 4.79 Å². The van der Waals surface area contributed by atoms with Crippen molar-refractivity contribution in [2.45, 2.75) is 96.3 Å². The van der Waals surface area contributed by atoms with Gasteiger partial charge in [-0.3, -0.25) is 19.5 Å². The third-order valence-electron chi connectivity index (χ3n) is 11.8. The number of anilines is 1. The van der Waals surface area contributed by atoms with Gasteiger partial charge in [-0.2, -0.15) is 0 Å². The first-order chi connectivity index (χ1) is 25.7. The molecule has 3 aromatic carbocycles. The minimum atomic E-state index is -3.08. The van der Waals surface area contributed by atoms with E-state index in [-0.39, 0.29) is 36.4 Å². The molecular formula is C43H52N4O6Si. The van der Waals surface area contributed by atoms with Crippen LogP contribution in [0.15, 0.2) is 94.8 Å². The van der Waals surface area contributed by atoms with Gasteiger partial charge in [-0.1, -0.05) is 66.6 Å². The van der Waals surface area contributed by atoms with Crippen molar-refractivity contribution in [1.29, 1.82) is 0 Å². The van der Waals surface area contributed by atoms with Gasteiger partial charge in [-0.25, -0.2) is 4.68 Å². The molecule has 1 saturated heterocycles. The Kier molecular flexibility index (Phi) is 10.2. The predicted molar refractivity (Wildman–Crippen MR) is 214 cm³/mol. The first-order valence-electron chi connectivity index (χ1n) is 19.1. The standard InChI is InChI=1S/C43H52N4O6Si/c1-27(2)12-11-13-28(3)20-21-45-37-19-18-32(47-41(50)34-16-9-10-17-36(34)44-47)23-35(37)43(42(45)51)29(4)40(54(5,6)52)38(53-43)24-39(49)46-25-31-15-8-7-14-30(31)22-33(46)26-48/h7-10,12,14-20,23,29,33,38,40,44,48,52H,11,13,21-22,24-26H2,1-6H3/b28-20+/t29-,33-,38+,40-,43+/m0/s1. The van der Waals surface area contributed by atoms with Gasteiger partial charge in [0.15, 0.2) is 13.9 Å². The molecule has 3 N–H and O–H groups in total. The lowest BCUT2D eigenvalue weighted by atomic mass is 9.82. The highest BCUT2D eigenvalue weighted by molar-refractivity contribution is 6.71. The van der Waals surface area contributed by atoms with E-state index in [1.807, 2.05) is 80.7 Å². The van der Waals surface area contributed by atoms with Crippen molar-refractivity contribution in [2.75, 3.05) is 18.1 Å². The molecule has 3 aliphatic rings. The highest BCUT2D eigenvalue weighted by Gasteiger charge is 2.66. The first-order valence-corrected chi connectivity index (χ1v) is 22.1. The highest BCUT2D eigenvalue weighted by Crippen LogP contribution is 2.60. The summed E-state index contributed by atoms with van der Waals surface area (Å²) in [6.07, 6.45) is 5.82. The maximum Gasteiger partial charge on any atom is 0.279 e. The number of carbonyl (C=O) groups is 2. The number of ether oxygens (including phenoxy) is 1. The Labute approximate surface area is 317 Å². The molecule has 1 aromatic heterocycles. The number of amides is 2. The fraction of sp³-hybridized carbons (Fsp3) is 0.419. The van der Waals surface area contributed by atoms with Gasteiger partial charge in [-0.15, -0.1) is 0 Å². The molecule has 1 spiro atoms. The molecule has 0 unspecified atom stereocenters. The maximum atomic E-state index is 15.1. The van der Waals surface area contributed by atoms with Crippen molar-refractivity contribution in [3.63, 3.8) is 0 Å². The summed E-state index contributed by atoms with van der Waals surface area (Å²) in [5, 5.41) is 14.1. The zero-order valence-corrected chi connectivity index (χ0v) is 33.1. The number of carbonyl (C=O) groups excluding carboxylic acids is 2. The number of aromatic nitrogens is 2. The number of aliphatic hydroxyl groups excluding tert-OH is 1. The minimum absolute atomic E-state index is 0.0421. The van der Waals surface area contributed by atoms with Crippen molar-refractivity contribution >= 4 is 36.7 Å². The normalized spacial score (nSPS) is 24.0. The van der Waals surface area contributed by atoms with Crippen LogP contribution >= 0.6 is 0 Å². The molecule has 4 aromatic rings. The Hall–Kier alpha value is -4.55. The van der Waals surface area contributed by atoms with Crippen LogP contribution in [-0.4, -0.2) is 70.0 Å². The number of hydrogen-bond donors (Lipinski definition) is 3. The van der Waals surface area contributed by atoms with Gasteiger partial charge in [0, 0.05) is 30.1 Å². The number of benzene rings is 3. The number of H-pyrrole nitrogens is 1. The number of nitrogens with one attached hydrogen (secondary N) is 1. The summed E-state index contributed by atoms with van der Waals surface area (Å²) < 4.78 is 8.55. The van der Waals surface area contributed by atoms with Crippen LogP contribution in [0.3, 0.4) is 0 Å². The smallest absolute Gasteiger partial charge is 0.279 e. The Morgan fingerprint density at radius 1 is 1.02 bits per heavy atom. The Bertz CT molecular complexity index is 2210. The van der Waals surface area contributed by atoms with Crippen LogP contribution in [0.5, 0.6) is 0 Å². The lowest BCUT2D eigenvalue weighted by Gasteiger charge is -2.37. The average molecular weight is 749 g/mol. The topological polar surface area (TPSA) is 128 Å². The summed E-state index contributed by atoms with van der Waals surface area (Å²) >= 11 is 0. The third-order valence-corrected chi connectivity index (χ3v) is 14.3. The van der Waals surface area contributed by atoms with Crippen molar-refractivity contribution in [1.82, 2.24) is 14.7 Å². The van der Waals surface area contributed by atoms with Crippen LogP contribution in [0.1, 0.15) is 63.6 Å². The third kappa shape index (κ3) is 6.61. The van der Waals surface area contributed by atoms with Crippen molar-refractivity contribution in [2.24, 2.45) is 5.92 Å². The number of rotatable bonds is 10. The zero-order valence-electron chi connectivity index (χ0n) is 32.1. The van der Waals surface area contributed by atoms with E-state index in [2.05, 4.69) is 38.0 Å². The second-order valence-electron chi connectivity index (χ2n) is 16.2. The lowest BCUT2D eigenvalue weighted by molar-refractivity contribution is -0.150. The quantitative estimate of drug-likeness (QED) is 0.126. The van der Waals surface area contributed by atoms with Crippen molar-refractivity contribution < 1.29 is 24.2 Å². The van der Waals surface area contributed by atoms with Crippen LogP contribution < -0.4 is 10.5 Å². The molecule has 54 heavy (non-hydrogen) atoms. The van der Waals surface area contributed by atoms with Crippen molar-refractivity contribution in [3.8, 4) is 5.69 Å². The number of hydrogen-bond acceptors (Lipinski definition) is 6. The number of para-hydroxylation sites is 1. The molecule has 1 fully saturated rings. The van der Waals surface area contributed by atoms with Gasteiger partial charge in [0.2, 0.25) is 5.91 Å². The molecule has 4 heterocycles. The van der Waals surface area contributed by atoms with Gasteiger partial charge in [-0.05, 0) is 94.6 Å². The maximum absolute atomic E-state index is 15.1. The summed E-state index contributed by atoms with van der Waals surface area (Å²) in [5.41, 5.74) is 4.97. The van der Waals surface area contributed by atoms with Crippen LogP contribution in [0, 0.1) is 5.92 Å². The molecule has 10 nitrogen and oxygen atoms in total. The van der Waals surface area contributed by atoms with Gasteiger partial charge in [0.05, 0.1) is 47.5 Å². The Balaban J connectivity index is 1.29. The van der Waals surface area contributed by atoms with E-state index in [4.69, 9.17) is 4.74 Å². The average Bonchev–Trinajstić information content (AvgIpc) is 3.72. The van der Waals surface area contributed by atoms with E-state index < -0.39 is 31.5 Å². The van der Waals surface area contributed by atoms with Crippen LogP contribution in [0.4, 0.5) is 5.69 Å². The molecule has 0 aliphatic carbocycles. The van der Waals surface area contributed by atoms with Gasteiger partial charge < -0.3 is 24.4 Å². The largest absolute Gasteiger partial charge is 0.432 e. The minimum Gasteiger partial charge on any atom is -0.432 e. The SMILES string of the molecule is CC(C)=CCC/C(C)=C/CN1C(=O)[C@]2(O[C@H](CC(=O)N3Cc4ccccc4C[C@H]3CO)[C@@H]([Si](C)(C)O)[C@@H]2C)c2cc(-n3[nH]c4ccccc4c3=O)ccc21. The number of aromatic amines is 1. The molecule has 0 radical (unpaired) electrons. The molecule has 5 atom stereocenters. The van der Waals surface area contributed by atoms with E-state index in [9.17, 15) is 19.5 Å². The molecule has 0 saturated carbocycles. The fourth-order valence-electron chi connectivity index (χ4n) is 9.10. The number of nitrogens with zero attached hydrogens (tertiary/aromatic N) is 3.